The van der Waals surface area contributed by atoms with Crippen LogP contribution in [-0.4, -0.2) is 49.2 Å². The minimum absolute atomic E-state index is 0.183. The molecule has 2 heterocycles. The first-order valence-corrected chi connectivity index (χ1v) is 6.75. The third-order valence-electron chi connectivity index (χ3n) is 3.24. The Kier molecular flexibility index (Phi) is 4.25. The second-order valence-electron chi connectivity index (χ2n) is 5.09. The average molecular weight is 292 g/mol. The van der Waals surface area contributed by atoms with E-state index in [1.54, 1.807) is 7.05 Å². The Bertz CT molecular complexity index is 645. The number of rotatable bonds is 6. The van der Waals surface area contributed by atoms with Gasteiger partial charge in [0.25, 0.3) is 5.82 Å². The smallest absolute Gasteiger partial charge is 0.375 e. The first kappa shape index (κ1) is 15.0. The van der Waals surface area contributed by atoms with E-state index in [0.29, 0.717) is 5.95 Å². The molecule has 1 N–H and O–H groups in total. The van der Waals surface area contributed by atoms with Crippen LogP contribution in [0.5, 0.6) is 0 Å². The van der Waals surface area contributed by atoms with E-state index in [4.69, 9.17) is 5.11 Å². The van der Waals surface area contributed by atoms with Crippen molar-refractivity contribution in [2.45, 2.75) is 26.8 Å². The van der Waals surface area contributed by atoms with E-state index in [9.17, 15) is 4.79 Å². The minimum atomic E-state index is -1.12. The molecule has 0 aromatic carbocycles. The van der Waals surface area contributed by atoms with Crippen molar-refractivity contribution in [1.29, 1.82) is 0 Å². The molecule has 0 aliphatic rings. The summed E-state index contributed by atoms with van der Waals surface area (Å²) in [6, 6.07) is 2.05. The van der Waals surface area contributed by atoms with Crippen LogP contribution >= 0.6 is 0 Å². The number of aryl methyl sites for hydroxylation is 4. The summed E-state index contributed by atoms with van der Waals surface area (Å²) in [4.78, 5) is 16.8. The van der Waals surface area contributed by atoms with Gasteiger partial charge in [0.15, 0.2) is 0 Å². The molecular formula is C13H20N6O2. The summed E-state index contributed by atoms with van der Waals surface area (Å²) in [6.07, 6.45) is 0.883. The van der Waals surface area contributed by atoms with E-state index >= 15 is 0 Å². The molecule has 8 nitrogen and oxygen atoms in total. The van der Waals surface area contributed by atoms with Gasteiger partial charge in [-0.3, -0.25) is 4.68 Å². The molecule has 0 unspecified atom stereocenters. The quantitative estimate of drug-likeness (QED) is 0.849. The zero-order chi connectivity index (χ0) is 15.6. The Hall–Kier alpha value is -2.38. The largest absolute Gasteiger partial charge is 0.475 e. The van der Waals surface area contributed by atoms with Gasteiger partial charge in [-0.2, -0.15) is 10.1 Å². The lowest BCUT2D eigenvalue weighted by molar-refractivity contribution is 0.0683. The predicted molar refractivity (Wildman–Crippen MR) is 77.6 cm³/mol. The standard InChI is InChI=1S/C13H20N6O2/c1-9-8-10(2)19(15-9)7-5-6-17(3)13-14-11(12(20)21)16-18(13)4/h8H,5-7H2,1-4H3,(H,20,21). The topological polar surface area (TPSA) is 89.1 Å². The van der Waals surface area contributed by atoms with Gasteiger partial charge in [-0.15, -0.1) is 5.10 Å². The molecule has 21 heavy (non-hydrogen) atoms. The van der Waals surface area contributed by atoms with Crippen LogP contribution < -0.4 is 4.90 Å². The first-order chi connectivity index (χ1) is 9.88. The van der Waals surface area contributed by atoms with Crippen LogP contribution in [0.3, 0.4) is 0 Å². The molecule has 0 aliphatic carbocycles. The number of aromatic carboxylic acids is 1. The monoisotopic (exact) mass is 292 g/mol. The molecule has 0 bridgehead atoms. The van der Waals surface area contributed by atoms with Crippen molar-refractivity contribution in [3.05, 3.63) is 23.3 Å². The van der Waals surface area contributed by atoms with Gasteiger partial charge in [0.1, 0.15) is 0 Å². The molecule has 0 saturated heterocycles. The summed E-state index contributed by atoms with van der Waals surface area (Å²) in [6.45, 7) is 5.56. The zero-order valence-corrected chi connectivity index (χ0v) is 12.7. The molecule has 2 aromatic heterocycles. The van der Waals surface area contributed by atoms with Crippen molar-refractivity contribution in [2.75, 3.05) is 18.5 Å². The maximum absolute atomic E-state index is 10.9. The molecule has 2 aromatic rings. The van der Waals surface area contributed by atoms with Crippen molar-refractivity contribution in [3.8, 4) is 0 Å². The van der Waals surface area contributed by atoms with Gasteiger partial charge in [0, 0.05) is 32.9 Å². The number of carboxylic acids is 1. The van der Waals surface area contributed by atoms with E-state index in [2.05, 4.69) is 15.2 Å². The second-order valence-corrected chi connectivity index (χ2v) is 5.09. The van der Waals surface area contributed by atoms with E-state index in [0.717, 1.165) is 30.9 Å². The third kappa shape index (κ3) is 3.39. The Morgan fingerprint density at radius 2 is 2.10 bits per heavy atom. The normalized spacial score (nSPS) is 10.9. The highest BCUT2D eigenvalue weighted by atomic mass is 16.4. The summed E-state index contributed by atoms with van der Waals surface area (Å²) in [5, 5.41) is 17.2. The molecule has 0 fully saturated rings. The van der Waals surface area contributed by atoms with Gasteiger partial charge in [-0.05, 0) is 26.3 Å². The highest BCUT2D eigenvalue weighted by Gasteiger charge is 2.16. The third-order valence-corrected chi connectivity index (χ3v) is 3.24. The Labute approximate surface area is 123 Å². The van der Waals surface area contributed by atoms with E-state index < -0.39 is 5.97 Å². The maximum Gasteiger partial charge on any atom is 0.375 e. The van der Waals surface area contributed by atoms with Crippen molar-refractivity contribution < 1.29 is 9.90 Å². The lowest BCUT2D eigenvalue weighted by atomic mass is 10.3. The van der Waals surface area contributed by atoms with Crippen LogP contribution in [-0.2, 0) is 13.6 Å². The van der Waals surface area contributed by atoms with Crippen molar-refractivity contribution in [1.82, 2.24) is 24.5 Å². The Morgan fingerprint density at radius 3 is 2.62 bits per heavy atom. The lowest BCUT2D eigenvalue weighted by Crippen LogP contribution is -2.23. The van der Waals surface area contributed by atoms with Gasteiger partial charge < -0.3 is 10.0 Å². The average Bonchev–Trinajstić information content (AvgIpc) is 2.93. The maximum atomic E-state index is 10.9. The van der Waals surface area contributed by atoms with Gasteiger partial charge in [-0.25, -0.2) is 9.48 Å². The van der Waals surface area contributed by atoms with Gasteiger partial charge in [0.2, 0.25) is 5.95 Å². The van der Waals surface area contributed by atoms with Crippen molar-refractivity contribution >= 4 is 11.9 Å². The fraction of sp³-hybridized carbons (Fsp3) is 0.538. The molecule has 0 atom stereocenters. The summed E-state index contributed by atoms with van der Waals surface area (Å²) in [5.41, 5.74) is 2.15. The summed E-state index contributed by atoms with van der Waals surface area (Å²) >= 11 is 0. The molecular weight excluding hydrogens is 272 g/mol. The summed E-state index contributed by atoms with van der Waals surface area (Å²) in [5.74, 6) is -0.758. The number of carboxylic acid groups (broad SMARTS) is 1. The molecule has 114 valence electrons. The van der Waals surface area contributed by atoms with Gasteiger partial charge >= 0.3 is 5.97 Å². The molecule has 8 heteroatoms. The fourth-order valence-corrected chi connectivity index (χ4v) is 2.26. The number of hydrogen-bond acceptors (Lipinski definition) is 5. The van der Waals surface area contributed by atoms with Gasteiger partial charge in [-0.1, -0.05) is 0 Å². The van der Waals surface area contributed by atoms with Crippen molar-refractivity contribution in [3.63, 3.8) is 0 Å². The highest BCUT2D eigenvalue weighted by molar-refractivity contribution is 5.83. The van der Waals surface area contributed by atoms with Crippen LogP contribution in [0.2, 0.25) is 0 Å². The van der Waals surface area contributed by atoms with Crippen LogP contribution in [0.1, 0.15) is 28.4 Å². The van der Waals surface area contributed by atoms with E-state index in [1.807, 2.05) is 36.5 Å². The minimum Gasteiger partial charge on any atom is -0.475 e. The first-order valence-electron chi connectivity index (χ1n) is 6.75. The predicted octanol–water partition coefficient (Wildman–Crippen LogP) is 0.853. The fourth-order valence-electron chi connectivity index (χ4n) is 2.26. The molecule has 2 rings (SSSR count). The number of aromatic nitrogens is 5. The Morgan fingerprint density at radius 1 is 1.38 bits per heavy atom. The highest BCUT2D eigenvalue weighted by Crippen LogP contribution is 2.10. The number of anilines is 1. The molecule has 0 amide bonds. The summed E-state index contributed by atoms with van der Waals surface area (Å²) in [7, 11) is 3.56. The molecule has 0 spiro atoms. The van der Waals surface area contributed by atoms with Gasteiger partial charge in [0.05, 0.1) is 5.69 Å². The van der Waals surface area contributed by atoms with Crippen molar-refractivity contribution in [2.24, 2.45) is 7.05 Å². The second kappa shape index (κ2) is 5.94. The van der Waals surface area contributed by atoms with E-state index in [1.165, 1.54) is 4.68 Å². The zero-order valence-electron chi connectivity index (χ0n) is 12.7. The summed E-state index contributed by atoms with van der Waals surface area (Å²) < 4.78 is 3.45. The van der Waals surface area contributed by atoms with Crippen LogP contribution in [0, 0.1) is 13.8 Å². The number of carbonyl (C=O) groups is 1. The SMILES string of the molecule is Cc1cc(C)n(CCCN(C)c2nc(C(=O)O)nn2C)n1. The van der Waals surface area contributed by atoms with E-state index in [-0.39, 0.29) is 5.82 Å². The number of nitrogens with zero attached hydrogens (tertiary/aromatic N) is 6. The van der Waals surface area contributed by atoms with Crippen LogP contribution in [0.4, 0.5) is 5.95 Å². The molecule has 0 radical (unpaired) electrons. The van der Waals surface area contributed by atoms with Crippen LogP contribution in [0.25, 0.3) is 0 Å². The Balaban J connectivity index is 1.94. The molecule has 0 aliphatic heterocycles. The molecule has 0 saturated carbocycles. The lowest BCUT2D eigenvalue weighted by Gasteiger charge is -2.17. The van der Waals surface area contributed by atoms with Crippen LogP contribution in [0.15, 0.2) is 6.07 Å². The number of hydrogen-bond donors (Lipinski definition) is 1.